The van der Waals surface area contributed by atoms with Gasteiger partial charge in [-0.1, -0.05) is 5.92 Å². The fraction of sp³-hybridized carbons (Fsp3) is 0.579. The number of nitrogens with one attached hydrogen (secondary N) is 1. The van der Waals surface area contributed by atoms with Gasteiger partial charge in [-0.05, 0) is 13.0 Å². The van der Waals surface area contributed by atoms with Gasteiger partial charge in [0.25, 0.3) is 0 Å². The van der Waals surface area contributed by atoms with Crippen molar-refractivity contribution < 1.29 is 24.1 Å². The maximum atomic E-state index is 11.2. The van der Waals surface area contributed by atoms with Gasteiger partial charge in [-0.25, -0.2) is 4.98 Å². The number of aliphatic carboxylic acids is 1. The van der Waals surface area contributed by atoms with Gasteiger partial charge in [-0.3, -0.25) is 4.79 Å². The number of pyridine rings is 1. The summed E-state index contributed by atoms with van der Waals surface area (Å²) in [7, 11) is 0. The lowest BCUT2D eigenvalue weighted by Crippen LogP contribution is -2.68. The van der Waals surface area contributed by atoms with Crippen molar-refractivity contribution in [1.29, 1.82) is 0 Å². The molecular weight excluding hydrogens is 350 g/mol. The number of nitrogens with zero attached hydrogens (tertiary/aromatic N) is 2. The maximum absolute atomic E-state index is 11.2. The Labute approximate surface area is 157 Å². The molecule has 0 amide bonds. The van der Waals surface area contributed by atoms with Gasteiger partial charge in [0.1, 0.15) is 23.4 Å². The van der Waals surface area contributed by atoms with Crippen LogP contribution in [0.1, 0.15) is 18.9 Å². The number of terminal acetylenes is 1. The van der Waals surface area contributed by atoms with Crippen molar-refractivity contribution in [3.8, 4) is 18.2 Å². The Morgan fingerprint density at radius 1 is 1.56 bits per heavy atom. The largest absolute Gasteiger partial charge is 0.480 e. The Kier molecular flexibility index (Phi) is 4.68. The lowest BCUT2D eigenvalue weighted by atomic mass is 9.90. The predicted octanol–water partition coefficient (Wildman–Crippen LogP) is 0.251. The van der Waals surface area contributed by atoms with Crippen LogP contribution < -0.4 is 15.0 Å². The molecule has 27 heavy (non-hydrogen) atoms. The molecule has 3 atom stereocenters. The minimum atomic E-state index is -0.870. The first-order valence-electron chi connectivity index (χ1n) is 9.10. The summed E-state index contributed by atoms with van der Waals surface area (Å²) in [5.41, 5.74) is 1.17. The Hall–Kier alpha value is -2.34. The molecule has 3 saturated heterocycles. The van der Waals surface area contributed by atoms with E-state index in [1.54, 1.807) is 6.20 Å². The molecular formula is C19H23N3O5. The molecule has 1 aromatic rings. The Bertz CT molecular complexity index is 773. The van der Waals surface area contributed by atoms with Gasteiger partial charge in [-0.15, -0.1) is 6.42 Å². The Morgan fingerprint density at radius 2 is 2.37 bits per heavy atom. The van der Waals surface area contributed by atoms with E-state index in [-0.39, 0.29) is 17.7 Å². The quantitative estimate of drug-likeness (QED) is 0.726. The summed E-state index contributed by atoms with van der Waals surface area (Å²) in [6.07, 6.45) is 7.30. The Balaban J connectivity index is 1.59. The summed E-state index contributed by atoms with van der Waals surface area (Å²) >= 11 is 0. The molecule has 3 aliphatic heterocycles. The second-order valence-electron chi connectivity index (χ2n) is 7.24. The molecule has 0 radical (unpaired) electrons. The van der Waals surface area contributed by atoms with E-state index in [2.05, 4.69) is 28.0 Å². The lowest BCUT2D eigenvalue weighted by molar-refractivity contribution is -0.228. The number of anilines is 1. The van der Waals surface area contributed by atoms with Crippen LogP contribution in [0.2, 0.25) is 0 Å². The van der Waals surface area contributed by atoms with Gasteiger partial charge in [0.05, 0.1) is 25.9 Å². The van der Waals surface area contributed by atoms with Crippen LogP contribution >= 0.6 is 0 Å². The second kappa shape index (κ2) is 7.00. The van der Waals surface area contributed by atoms with E-state index in [9.17, 15) is 4.79 Å². The number of ether oxygens (including phenoxy) is 3. The third kappa shape index (κ3) is 3.23. The summed E-state index contributed by atoms with van der Waals surface area (Å²) < 4.78 is 17.5. The van der Waals surface area contributed by atoms with E-state index >= 15 is 0 Å². The molecule has 8 nitrogen and oxygen atoms in total. The van der Waals surface area contributed by atoms with Crippen molar-refractivity contribution in [3.05, 3.63) is 17.8 Å². The topological polar surface area (TPSA) is 93.2 Å². The number of hydrogen-bond donors (Lipinski definition) is 2. The van der Waals surface area contributed by atoms with Crippen LogP contribution in [0.3, 0.4) is 0 Å². The van der Waals surface area contributed by atoms with Gasteiger partial charge in [0.2, 0.25) is 5.88 Å². The summed E-state index contributed by atoms with van der Waals surface area (Å²) in [5.74, 6) is 2.22. The lowest BCUT2D eigenvalue weighted by Gasteiger charge is -2.53. The molecule has 4 rings (SSSR count). The van der Waals surface area contributed by atoms with Crippen LogP contribution in [0.5, 0.6) is 5.88 Å². The number of aromatic nitrogens is 1. The highest BCUT2D eigenvalue weighted by Gasteiger charge is 2.50. The predicted molar refractivity (Wildman–Crippen MR) is 96.9 cm³/mol. The first kappa shape index (κ1) is 18.0. The highest BCUT2D eigenvalue weighted by Crippen LogP contribution is 2.38. The average Bonchev–Trinajstić information content (AvgIpc) is 3.10. The van der Waals surface area contributed by atoms with Crippen molar-refractivity contribution in [2.75, 3.05) is 37.8 Å². The number of carboxylic acids is 1. The number of hydrogen-bond acceptors (Lipinski definition) is 7. The smallest absolute Gasteiger partial charge is 0.320 e. The zero-order valence-corrected chi connectivity index (χ0v) is 15.2. The molecule has 0 aromatic carbocycles. The van der Waals surface area contributed by atoms with Crippen LogP contribution in [0.15, 0.2) is 12.3 Å². The summed E-state index contributed by atoms with van der Waals surface area (Å²) in [4.78, 5) is 17.8. The molecule has 1 spiro atoms. The monoisotopic (exact) mass is 373 g/mol. The first-order chi connectivity index (χ1) is 13.0. The summed E-state index contributed by atoms with van der Waals surface area (Å²) in [5, 5.41) is 12.1. The fourth-order valence-corrected chi connectivity index (χ4v) is 3.86. The highest BCUT2D eigenvalue weighted by molar-refractivity contribution is 5.74. The van der Waals surface area contributed by atoms with E-state index in [1.165, 1.54) is 0 Å². The first-order valence-corrected chi connectivity index (χ1v) is 9.10. The van der Waals surface area contributed by atoms with Crippen molar-refractivity contribution in [2.45, 2.75) is 37.1 Å². The van der Waals surface area contributed by atoms with E-state index < -0.39 is 12.0 Å². The molecule has 0 unspecified atom stereocenters. The van der Waals surface area contributed by atoms with Crippen molar-refractivity contribution in [3.63, 3.8) is 0 Å². The normalized spacial score (nSPS) is 29.2. The van der Waals surface area contributed by atoms with Crippen LogP contribution in [0, 0.1) is 12.3 Å². The summed E-state index contributed by atoms with van der Waals surface area (Å²) in [6.45, 7) is 4.97. The SMILES string of the molecule is C#Cc1cnc(O[C@@H]2CN[C@H](C(=O)O)C2)c(N2CCOC3(COC3)[C@@H]2C)c1. The fourth-order valence-electron chi connectivity index (χ4n) is 3.86. The molecule has 0 bridgehead atoms. The maximum Gasteiger partial charge on any atom is 0.320 e. The van der Waals surface area contributed by atoms with E-state index in [4.69, 9.17) is 25.7 Å². The minimum Gasteiger partial charge on any atom is -0.480 e. The molecule has 144 valence electrons. The third-order valence-corrected chi connectivity index (χ3v) is 5.62. The van der Waals surface area contributed by atoms with Gasteiger partial charge in [-0.2, -0.15) is 0 Å². The molecule has 3 aliphatic rings. The molecule has 4 heterocycles. The van der Waals surface area contributed by atoms with Crippen LogP contribution in [0.25, 0.3) is 0 Å². The van der Waals surface area contributed by atoms with Gasteiger partial charge >= 0.3 is 5.97 Å². The summed E-state index contributed by atoms with van der Waals surface area (Å²) in [6, 6.07) is 1.38. The number of carboxylic acid groups (broad SMARTS) is 1. The molecule has 3 fully saturated rings. The van der Waals surface area contributed by atoms with E-state index in [0.29, 0.717) is 50.8 Å². The number of carbonyl (C=O) groups is 1. The average molecular weight is 373 g/mol. The minimum absolute atomic E-state index is 0.0747. The third-order valence-electron chi connectivity index (χ3n) is 5.62. The molecule has 0 saturated carbocycles. The molecule has 8 heteroatoms. The highest BCUT2D eigenvalue weighted by atomic mass is 16.6. The van der Waals surface area contributed by atoms with Crippen LogP contribution in [-0.2, 0) is 14.3 Å². The van der Waals surface area contributed by atoms with Gasteiger partial charge in [0, 0.05) is 31.3 Å². The van der Waals surface area contributed by atoms with Crippen molar-refractivity contribution in [1.82, 2.24) is 10.3 Å². The molecule has 2 N–H and O–H groups in total. The zero-order chi connectivity index (χ0) is 19.0. The van der Waals surface area contributed by atoms with Gasteiger partial charge < -0.3 is 29.5 Å². The second-order valence-corrected chi connectivity index (χ2v) is 7.24. The number of rotatable bonds is 4. The van der Waals surface area contributed by atoms with Crippen LogP contribution in [0.4, 0.5) is 5.69 Å². The zero-order valence-electron chi connectivity index (χ0n) is 15.2. The van der Waals surface area contributed by atoms with Crippen molar-refractivity contribution in [2.24, 2.45) is 0 Å². The van der Waals surface area contributed by atoms with Crippen molar-refractivity contribution >= 4 is 11.7 Å². The van der Waals surface area contributed by atoms with E-state index in [1.807, 2.05) is 6.07 Å². The van der Waals surface area contributed by atoms with E-state index in [0.717, 1.165) is 5.69 Å². The standard InChI is InChI=1S/C19H23N3O5/c1-3-13-6-16(22-4-5-26-19(12(22)2)10-25-11-19)17(21-8-13)27-14-7-15(18(23)24)20-9-14/h1,6,8,12,14-15,20H,4-5,7,9-11H2,2H3,(H,23,24)/t12-,14-,15-/m0/s1. The molecule has 0 aliphatic carbocycles. The Morgan fingerprint density at radius 3 is 3.00 bits per heavy atom. The van der Waals surface area contributed by atoms with Gasteiger partial charge in [0.15, 0.2) is 0 Å². The number of morpholine rings is 1. The van der Waals surface area contributed by atoms with Crippen LogP contribution in [-0.4, -0.2) is 72.8 Å². The molecule has 1 aromatic heterocycles.